The lowest BCUT2D eigenvalue weighted by atomic mass is 10.0. The number of carbonyl (C=O) groups excluding carboxylic acids is 1. The highest BCUT2D eigenvalue weighted by molar-refractivity contribution is 9.09. The van der Waals surface area contributed by atoms with Gasteiger partial charge in [0.1, 0.15) is 0 Å². The first kappa shape index (κ1) is 36.8. The second kappa shape index (κ2) is 26.1. The molecule has 0 amide bonds. The Morgan fingerprint density at radius 2 is 1.22 bits per heavy atom. The standard InChI is InChI=1S/C27H54BrO8P/c1-4-5-6-7-8-9-10-11-12-13-14-15-16-17-18-19-21-32-23-26(36-27(29)35-25(2)3)24-34-37(30,31)33-22-20-28/h25-26H,4-24H2,1-3H3,(H,30,31). The van der Waals surface area contributed by atoms with E-state index < -0.39 is 20.1 Å². The van der Waals surface area contributed by atoms with Crippen molar-refractivity contribution in [3.63, 3.8) is 0 Å². The molecule has 0 radical (unpaired) electrons. The average Bonchev–Trinajstić information content (AvgIpc) is 2.84. The molecule has 0 saturated heterocycles. The summed E-state index contributed by atoms with van der Waals surface area (Å²) in [5.41, 5.74) is 0. The average molecular weight is 618 g/mol. The lowest BCUT2D eigenvalue weighted by Crippen LogP contribution is -2.29. The van der Waals surface area contributed by atoms with Crippen LogP contribution in [-0.4, -0.2) is 55.0 Å². The van der Waals surface area contributed by atoms with Crippen LogP contribution >= 0.6 is 23.8 Å². The van der Waals surface area contributed by atoms with Crippen LogP contribution in [0.25, 0.3) is 0 Å². The smallest absolute Gasteiger partial charge is 0.432 e. The van der Waals surface area contributed by atoms with Gasteiger partial charge in [-0.25, -0.2) is 9.36 Å². The Labute approximate surface area is 234 Å². The van der Waals surface area contributed by atoms with Crippen molar-refractivity contribution in [1.82, 2.24) is 0 Å². The van der Waals surface area contributed by atoms with Gasteiger partial charge in [-0.3, -0.25) is 9.05 Å². The fraction of sp³-hybridized carbons (Fsp3) is 0.963. The summed E-state index contributed by atoms with van der Waals surface area (Å²) in [5, 5.41) is 0.393. The number of hydrogen-bond acceptors (Lipinski definition) is 7. The number of phosphoric acid groups is 1. The van der Waals surface area contributed by atoms with E-state index in [0.29, 0.717) is 11.9 Å². The zero-order valence-electron chi connectivity index (χ0n) is 23.6. The molecular weight excluding hydrogens is 563 g/mol. The maximum Gasteiger partial charge on any atom is 0.508 e. The molecule has 0 fully saturated rings. The molecule has 8 nitrogen and oxygen atoms in total. The van der Waals surface area contributed by atoms with E-state index in [1.807, 2.05) is 0 Å². The van der Waals surface area contributed by atoms with Crippen LogP contribution in [0, 0.1) is 0 Å². The summed E-state index contributed by atoms with van der Waals surface area (Å²) in [6.45, 7) is 5.93. The molecule has 222 valence electrons. The zero-order chi connectivity index (χ0) is 27.6. The highest BCUT2D eigenvalue weighted by Gasteiger charge is 2.25. The monoisotopic (exact) mass is 616 g/mol. The molecule has 0 aliphatic carbocycles. The van der Waals surface area contributed by atoms with Crippen LogP contribution in [0.4, 0.5) is 4.79 Å². The Hall–Kier alpha value is -0.180. The summed E-state index contributed by atoms with van der Waals surface area (Å²) >= 11 is 3.11. The van der Waals surface area contributed by atoms with Crippen LogP contribution in [-0.2, 0) is 27.8 Å². The summed E-state index contributed by atoms with van der Waals surface area (Å²) < 4.78 is 37.4. The quantitative estimate of drug-likeness (QED) is 0.0423. The van der Waals surface area contributed by atoms with Crippen LogP contribution in [0.5, 0.6) is 0 Å². The zero-order valence-corrected chi connectivity index (χ0v) is 26.1. The normalized spacial score (nSPS) is 14.0. The topological polar surface area (TPSA) is 101 Å². The summed E-state index contributed by atoms with van der Waals surface area (Å²) in [5.74, 6) is 0. The van der Waals surface area contributed by atoms with E-state index in [1.54, 1.807) is 13.8 Å². The number of carbonyl (C=O) groups is 1. The van der Waals surface area contributed by atoms with Gasteiger partial charge in [-0.15, -0.1) is 0 Å². The van der Waals surface area contributed by atoms with Gasteiger partial charge in [-0.2, -0.15) is 0 Å². The van der Waals surface area contributed by atoms with Gasteiger partial charge >= 0.3 is 14.0 Å². The summed E-state index contributed by atoms with van der Waals surface area (Å²) in [6.07, 6.45) is 18.8. The van der Waals surface area contributed by atoms with E-state index in [2.05, 4.69) is 22.9 Å². The Bertz CT molecular complexity index is 565. The van der Waals surface area contributed by atoms with Gasteiger partial charge in [0.2, 0.25) is 0 Å². The van der Waals surface area contributed by atoms with Gasteiger partial charge in [-0.1, -0.05) is 119 Å². The second-order valence-electron chi connectivity index (χ2n) is 9.82. The molecular formula is C27H54BrO8P. The van der Waals surface area contributed by atoms with Crippen molar-refractivity contribution in [2.75, 3.05) is 31.8 Å². The summed E-state index contributed by atoms with van der Waals surface area (Å²) in [6, 6.07) is 0. The van der Waals surface area contributed by atoms with Crippen LogP contribution in [0.1, 0.15) is 124 Å². The molecule has 0 aromatic carbocycles. The minimum Gasteiger partial charge on any atom is -0.432 e. The predicted molar refractivity (Wildman–Crippen MR) is 152 cm³/mol. The van der Waals surface area contributed by atoms with Gasteiger partial charge in [0.05, 0.1) is 25.9 Å². The largest absolute Gasteiger partial charge is 0.508 e. The van der Waals surface area contributed by atoms with Gasteiger partial charge in [0.25, 0.3) is 0 Å². The van der Waals surface area contributed by atoms with E-state index >= 15 is 0 Å². The second-order valence-corrected chi connectivity index (χ2v) is 12.1. The Balaban J connectivity index is 3.82. The SMILES string of the molecule is CCCCCCCCCCCCCCCCCCOCC(COP(=O)(O)OCCBr)OC(=O)OC(C)C. The molecule has 2 unspecified atom stereocenters. The number of hydrogen-bond donors (Lipinski definition) is 1. The van der Waals surface area contributed by atoms with E-state index in [9.17, 15) is 14.3 Å². The van der Waals surface area contributed by atoms with Crippen molar-refractivity contribution in [2.45, 2.75) is 136 Å². The van der Waals surface area contributed by atoms with Crippen molar-refractivity contribution in [1.29, 1.82) is 0 Å². The number of halogens is 1. The van der Waals surface area contributed by atoms with Gasteiger partial charge in [0.15, 0.2) is 6.10 Å². The molecule has 10 heteroatoms. The number of unbranched alkanes of at least 4 members (excludes halogenated alkanes) is 15. The lowest BCUT2D eigenvalue weighted by molar-refractivity contribution is -0.0444. The Kier molecular flexibility index (Phi) is 25.9. The minimum atomic E-state index is -4.23. The maximum absolute atomic E-state index is 11.9. The minimum absolute atomic E-state index is 0.0183. The number of ether oxygens (including phenoxy) is 3. The predicted octanol–water partition coefficient (Wildman–Crippen LogP) is 8.72. The fourth-order valence-corrected chi connectivity index (χ4v) is 4.97. The van der Waals surface area contributed by atoms with Crippen molar-refractivity contribution in [2.24, 2.45) is 0 Å². The third-order valence-corrected chi connectivity index (χ3v) is 7.10. The maximum atomic E-state index is 11.9. The van der Waals surface area contributed by atoms with Crippen LogP contribution in [0.2, 0.25) is 0 Å². The first-order chi connectivity index (χ1) is 17.8. The number of phosphoric ester groups is 1. The molecule has 37 heavy (non-hydrogen) atoms. The first-order valence-electron chi connectivity index (χ1n) is 14.4. The van der Waals surface area contributed by atoms with Gasteiger partial charge in [0, 0.05) is 11.9 Å². The third-order valence-electron chi connectivity index (χ3n) is 5.80. The van der Waals surface area contributed by atoms with E-state index in [4.69, 9.17) is 23.3 Å². The molecule has 0 aromatic heterocycles. The fourth-order valence-electron chi connectivity index (χ4n) is 3.80. The molecule has 0 saturated carbocycles. The third kappa shape index (κ3) is 27.2. The van der Waals surface area contributed by atoms with E-state index in [-0.39, 0.29) is 25.9 Å². The molecule has 0 rings (SSSR count). The van der Waals surface area contributed by atoms with Crippen LogP contribution in [0.3, 0.4) is 0 Å². The molecule has 0 aromatic rings. The molecule has 0 heterocycles. The van der Waals surface area contributed by atoms with Gasteiger partial charge in [-0.05, 0) is 20.3 Å². The Morgan fingerprint density at radius 3 is 1.68 bits per heavy atom. The highest BCUT2D eigenvalue weighted by Crippen LogP contribution is 2.43. The number of alkyl halides is 1. The first-order valence-corrected chi connectivity index (χ1v) is 17.0. The van der Waals surface area contributed by atoms with Crippen molar-refractivity contribution < 1.29 is 37.5 Å². The molecule has 1 N–H and O–H groups in total. The molecule has 0 bridgehead atoms. The highest BCUT2D eigenvalue weighted by atomic mass is 79.9. The molecule has 0 spiro atoms. The summed E-state index contributed by atoms with van der Waals surface area (Å²) in [7, 11) is -4.23. The molecule has 0 aliphatic heterocycles. The van der Waals surface area contributed by atoms with Crippen LogP contribution in [0.15, 0.2) is 0 Å². The molecule has 2 atom stereocenters. The van der Waals surface area contributed by atoms with E-state index in [0.717, 1.165) is 12.8 Å². The Morgan fingerprint density at radius 1 is 0.730 bits per heavy atom. The van der Waals surface area contributed by atoms with Crippen molar-refractivity contribution >= 4 is 29.9 Å². The van der Waals surface area contributed by atoms with Gasteiger partial charge < -0.3 is 19.1 Å². The summed E-state index contributed by atoms with van der Waals surface area (Å²) in [4.78, 5) is 21.5. The molecule has 0 aliphatic rings. The van der Waals surface area contributed by atoms with E-state index in [1.165, 1.54) is 89.9 Å². The van der Waals surface area contributed by atoms with Crippen LogP contribution < -0.4 is 0 Å². The lowest BCUT2D eigenvalue weighted by Gasteiger charge is -2.20. The van der Waals surface area contributed by atoms with Crippen molar-refractivity contribution in [3.8, 4) is 0 Å². The number of rotatable bonds is 27. The van der Waals surface area contributed by atoms with Crippen molar-refractivity contribution in [3.05, 3.63) is 0 Å².